The number of halogens is 1. The molecule has 0 amide bonds. The van der Waals surface area contributed by atoms with Crippen molar-refractivity contribution in [1.82, 2.24) is 39.7 Å². The van der Waals surface area contributed by atoms with E-state index in [2.05, 4.69) is 30.3 Å². The van der Waals surface area contributed by atoms with Crippen LogP contribution in [0.25, 0.3) is 33.7 Å². The molecule has 0 aliphatic rings. The minimum absolute atomic E-state index is 0.506. The first-order valence-electron chi connectivity index (χ1n) is 8.98. The number of nitrogens with one attached hydrogen (secondary N) is 1. The second-order valence-corrected chi connectivity index (χ2v) is 7.33. The lowest BCUT2D eigenvalue weighted by Crippen LogP contribution is -1.99. The lowest BCUT2D eigenvalue weighted by atomic mass is 10.1. The number of aromatic amines is 1. The number of rotatable bonds is 4. The molecule has 0 fully saturated rings. The van der Waals surface area contributed by atoms with Gasteiger partial charge in [0.15, 0.2) is 5.65 Å². The molecule has 10 heteroatoms. The van der Waals surface area contributed by atoms with Crippen LogP contribution in [0.1, 0.15) is 17.1 Å². The number of aromatic nitrogens is 8. The van der Waals surface area contributed by atoms with Crippen molar-refractivity contribution in [3.8, 4) is 22.5 Å². The molecule has 146 valence electrons. The lowest BCUT2D eigenvalue weighted by molar-refractivity contribution is 0.387. The fourth-order valence-corrected chi connectivity index (χ4v) is 3.67. The van der Waals surface area contributed by atoms with Crippen molar-refractivity contribution in [2.45, 2.75) is 20.4 Å². The highest BCUT2D eigenvalue weighted by Gasteiger charge is 2.18. The van der Waals surface area contributed by atoms with Gasteiger partial charge < -0.3 is 9.51 Å². The molecular weight excluding hydrogens is 392 g/mol. The number of imidazole rings is 1. The zero-order valence-electron chi connectivity index (χ0n) is 16.0. The van der Waals surface area contributed by atoms with Crippen LogP contribution in [0, 0.1) is 13.8 Å². The molecule has 1 N–H and O–H groups in total. The van der Waals surface area contributed by atoms with E-state index >= 15 is 0 Å². The normalized spacial score (nSPS) is 11.6. The van der Waals surface area contributed by atoms with Gasteiger partial charge in [-0.25, -0.2) is 9.97 Å². The van der Waals surface area contributed by atoms with Gasteiger partial charge in [0.1, 0.15) is 17.3 Å². The van der Waals surface area contributed by atoms with Gasteiger partial charge in [-0.3, -0.25) is 9.36 Å². The van der Waals surface area contributed by atoms with Crippen LogP contribution < -0.4 is 0 Å². The molecule has 0 atom stereocenters. The fraction of sp³-hybridized carbons (Fsp3) is 0.211. The van der Waals surface area contributed by atoms with Gasteiger partial charge in [-0.15, -0.1) is 0 Å². The minimum Gasteiger partial charge on any atom is -0.361 e. The molecular formula is C19H17ClN8O. The van der Waals surface area contributed by atoms with Crippen LogP contribution in [-0.4, -0.2) is 39.7 Å². The van der Waals surface area contributed by atoms with Gasteiger partial charge in [0.2, 0.25) is 0 Å². The van der Waals surface area contributed by atoms with Crippen molar-refractivity contribution in [3.05, 3.63) is 53.0 Å². The van der Waals surface area contributed by atoms with Crippen LogP contribution in [-0.2, 0) is 13.6 Å². The summed E-state index contributed by atoms with van der Waals surface area (Å²) >= 11 is 6.51. The molecule has 0 saturated carbocycles. The third-order valence-electron chi connectivity index (χ3n) is 4.66. The van der Waals surface area contributed by atoms with Gasteiger partial charge in [-0.05, 0) is 13.8 Å². The SMILES string of the molecule is Cc1cc(Cn2cc(-c3c(Cl)cnc4nc(-c5cn(C)nc5C)[nH]c34)cn2)no1. The van der Waals surface area contributed by atoms with E-state index in [1.807, 2.05) is 39.4 Å². The van der Waals surface area contributed by atoms with Crippen LogP contribution in [0.3, 0.4) is 0 Å². The Morgan fingerprint density at radius 1 is 1.21 bits per heavy atom. The van der Waals surface area contributed by atoms with E-state index in [4.69, 9.17) is 16.1 Å². The van der Waals surface area contributed by atoms with E-state index < -0.39 is 0 Å². The monoisotopic (exact) mass is 408 g/mol. The predicted molar refractivity (Wildman–Crippen MR) is 107 cm³/mol. The Bertz CT molecular complexity index is 1340. The number of H-pyrrole nitrogens is 1. The smallest absolute Gasteiger partial charge is 0.178 e. The molecule has 5 aromatic heterocycles. The van der Waals surface area contributed by atoms with Crippen molar-refractivity contribution in [2.75, 3.05) is 0 Å². The number of hydrogen-bond acceptors (Lipinski definition) is 6. The van der Waals surface area contributed by atoms with Crippen molar-refractivity contribution in [3.63, 3.8) is 0 Å². The molecule has 9 nitrogen and oxygen atoms in total. The Labute approximate surface area is 170 Å². The second-order valence-electron chi connectivity index (χ2n) is 6.92. The molecule has 29 heavy (non-hydrogen) atoms. The largest absolute Gasteiger partial charge is 0.361 e. The Morgan fingerprint density at radius 2 is 2.07 bits per heavy atom. The van der Waals surface area contributed by atoms with E-state index in [1.165, 1.54) is 0 Å². The highest BCUT2D eigenvalue weighted by atomic mass is 35.5. The van der Waals surface area contributed by atoms with E-state index in [0.29, 0.717) is 23.0 Å². The van der Waals surface area contributed by atoms with Crippen molar-refractivity contribution in [1.29, 1.82) is 0 Å². The number of pyridine rings is 1. The average molecular weight is 409 g/mol. The molecule has 0 spiro atoms. The van der Waals surface area contributed by atoms with Gasteiger partial charge >= 0.3 is 0 Å². The van der Waals surface area contributed by atoms with Crippen LogP contribution in [0.5, 0.6) is 0 Å². The summed E-state index contributed by atoms with van der Waals surface area (Å²) in [6.45, 7) is 4.31. The number of fused-ring (bicyclic) bond motifs is 1. The predicted octanol–water partition coefficient (Wildman–Crippen LogP) is 3.53. The highest BCUT2D eigenvalue weighted by Crippen LogP contribution is 2.34. The Hall–Kier alpha value is -3.46. The molecule has 0 saturated heterocycles. The third kappa shape index (κ3) is 3.09. The van der Waals surface area contributed by atoms with Crippen molar-refractivity contribution >= 4 is 22.8 Å². The molecule has 0 aromatic carbocycles. The fourth-order valence-electron chi connectivity index (χ4n) is 3.41. The van der Waals surface area contributed by atoms with Crippen LogP contribution >= 0.6 is 11.6 Å². The molecule has 0 aliphatic carbocycles. The summed E-state index contributed by atoms with van der Waals surface area (Å²) in [6, 6.07) is 1.89. The van der Waals surface area contributed by atoms with Crippen LogP contribution in [0.15, 0.2) is 35.4 Å². The summed E-state index contributed by atoms with van der Waals surface area (Å²) in [5.74, 6) is 1.47. The molecule has 5 heterocycles. The summed E-state index contributed by atoms with van der Waals surface area (Å²) in [5.41, 5.74) is 5.62. The van der Waals surface area contributed by atoms with Gasteiger partial charge in [0, 0.05) is 42.8 Å². The first-order valence-corrected chi connectivity index (χ1v) is 9.35. The summed E-state index contributed by atoms with van der Waals surface area (Å²) < 4.78 is 8.67. The average Bonchev–Trinajstić information content (AvgIpc) is 3.43. The Kier molecular flexibility index (Phi) is 3.99. The second kappa shape index (κ2) is 6.56. The molecule has 0 radical (unpaired) electrons. The maximum Gasteiger partial charge on any atom is 0.178 e. The van der Waals surface area contributed by atoms with Crippen LogP contribution in [0.4, 0.5) is 0 Å². The third-order valence-corrected chi connectivity index (χ3v) is 4.95. The molecule has 0 bridgehead atoms. The van der Waals surface area contributed by atoms with Gasteiger partial charge in [-0.1, -0.05) is 16.8 Å². The zero-order valence-corrected chi connectivity index (χ0v) is 16.8. The maximum atomic E-state index is 6.51. The lowest BCUT2D eigenvalue weighted by Gasteiger charge is -2.02. The number of hydrogen-bond donors (Lipinski definition) is 1. The summed E-state index contributed by atoms with van der Waals surface area (Å²) in [4.78, 5) is 12.4. The quantitative estimate of drug-likeness (QED) is 0.488. The minimum atomic E-state index is 0.506. The Morgan fingerprint density at radius 3 is 2.79 bits per heavy atom. The molecule has 0 unspecified atom stereocenters. The van der Waals surface area contributed by atoms with Crippen LogP contribution in [0.2, 0.25) is 5.02 Å². The first kappa shape index (κ1) is 17.6. The summed E-state index contributed by atoms with van der Waals surface area (Å²) in [7, 11) is 1.88. The number of nitrogens with zero attached hydrogens (tertiary/aromatic N) is 7. The molecule has 5 aromatic rings. The first-order chi connectivity index (χ1) is 14.0. The van der Waals surface area contributed by atoms with Gasteiger partial charge in [0.25, 0.3) is 0 Å². The Balaban J connectivity index is 1.58. The van der Waals surface area contributed by atoms with Gasteiger partial charge in [-0.2, -0.15) is 10.2 Å². The van der Waals surface area contributed by atoms with Crippen molar-refractivity contribution in [2.24, 2.45) is 7.05 Å². The molecule has 0 aliphatic heterocycles. The van der Waals surface area contributed by atoms with E-state index in [1.54, 1.807) is 21.8 Å². The maximum absolute atomic E-state index is 6.51. The van der Waals surface area contributed by atoms with Crippen molar-refractivity contribution < 1.29 is 4.52 Å². The zero-order chi connectivity index (χ0) is 20.1. The summed E-state index contributed by atoms with van der Waals surface area (Å²) in [5, 5.41) is 13.4. The van der Waals surface area contributed by atoms with Gasteiger partial charge in [0.05, 0.1) is 34.5 Å². The summed E-state index contributed by atoms with van der Waals surface area (Å²) in [6.07, 6.45) is 7.22. The standard InChI is InChI=1S/C19H17ClN8O/c1-10-4-13(26-29-10)8-28-7-12(5-22-28)16-15(20)6-21-19-17(16)23-18(24-19)14-9-27(3)25-11(14)2/h4-7,9H,8H2,1-3H3,(H,21,23,24). The highest BCUT2D eigenvalue weighted by molar-refractivity contribution is 6.34. The van der Waals surface area contributed by atoms with E-state index in [0.717, 1.165) is 39.4 Å². The van der Waals surface area contributed by atoms with E-state index in [9.17, 15) is 0 Å². The topological polar surface area (TPSA) is 103 Å². The molecule has 5 rings (SSSR count). The number of aryl methyl sites for hydroxylation is 3. The van der Waals surface area contributed by atoms with E-state index in [-0.39, 0.29) is 0 Å².